The molecule has 0 heterocycles. The number of ether oxygens (including phenoxy) is 2. The Morgan fingerprint density at radius 1 is 1.25 bits per heavy atom. The van der Waals surface area contributed by atoms with E-state index in [0.717, 1.165) is 22.9 Å². The van der Waals surface area contributed by atoms with E-state index < -0.39 is 6.04 Å². The zero-order valence-electron chi connectivity index (χ0n) is 14.4. The molecule has 2 N–H and O–H groups in total. The minimum atomic E-state index is -0.546. The van der Waals surface area contributed by atoms with Gasteiger partial charge in [-0.3, -0.25) is 4.79 Å². The van der Waals surface area contributed by atoms with E-state index in [1.54, 1.807) is 0 Å². The fourth-order valence-corrected chi connectivity index (χ4v) is 2.93. The quantitative estimate of drug-likeness (QED) is 0.615. The summed E-state index contributed by atoms with van der Waals surface area (Å²) in [4.78, 5) is 14.7. The molecule has 134 valence electrons. The number of carbonyl (C=O) groups excluding carboxylic acids is 1. The molecule has 1 unspecified atom stereocenters. The van der Waals surface area contributed by atoms with Gasteiger partial charge in [0.1, 0.15) is 0 Å². The van der Waals surface area contributed by atoms with E-state index in [-0.39, 0.29) is 18.2 Å². The van der Waals surface area contributed by atoms with Crippen LogP contribution in [0.5, 0.6) is 0 Å². The predicted molar refractivity (Wildman–Crippen MR) is 97.6 cm³/mol. The fourth-order valence-electron chi connectivity index (χ4n) is 2.67. The molecular formula is C18H27BrN2O3. The van der Waals surface area contributed by atoms with Crippen molar-refractivity contribution in [3.63, 3.8) is 0 Å². The van der Waals surface area contributed by atoms with E-state index in [2.05, 4.69) is 15.9 Å². The second-order valence-corrected chi connectivity index (χ2v) is 6.91. The van der Waals surface area contributed by atoms with E-state index >= 15 is 0 Å². The number of rotatable bonds is 10. The summed E-state index contributed by atoms with van der Waals surface area (Å²) < 4.78 is 12.2. The molecule has 0 saturated heterocycles. The van der Waals surface area contributed by atoms with Crippen molar-refractivity contribution in [1.82, 2.24) is 4.90 Å². The van der Waals surface area contributed by atoms with Gasteiger partial charge < -0.3 is 20.1 Å². The standard InChI is InChI=1S/C18H27BrN2O3/c1-3-23-17(24-4-2)12-21(15-9-10-15)18(22)16(20)11-13-5-7-14(19)8-6-13/h5-8,15-17H,3-4,9-12,20H2,1-2H3. The van der Waals surface area contributed by atoms with Crippen molar-refractivity contribution < 1.29 is 14.3 Å². The average molecular weight is 399 g/mol. The largest absolute Gasteiger partial charge is 0.351 e. The van der Waals surface area contributed by atoms with E-state index in [1.807, 2.05) is 43.0 Å². The van der Waals surface area contributed by atoms with E-state index in [4.69, 9.17) is 15.2 Å². The third-order valence-electron chi connectivity index (χ3n) is 4.01. The Hall–Kier alpha value is -0.950. The molecule has 2 rings (SSSR count). The molecule has 0 aliphatic heterocycles. The van der Waals surface area contributed by atoms with E-state index in [9.17, 15) is 4.79 Å². The summed E-state index contributed by atoms with van der Waals surface area (Å²) in [6, 6.07) is 7.63. The second kappa shape index (κ2) is 9.51. The number of carbonyl (C=O) groups is 1. The molecule has 0 radical (unpaired) electrons. The zero-order chi connectivity index (χ0) is 17.5. The van der Waals surface area contributed by atoms with Crippen molar-refractivity contribution >= 4 is 21.8 Å². The SMILES string of the molecule is CCOC(CN(C(=O)C(N)Cc1ccc(Br)cc1)C1CC1)OCC. The molecule has 6 heteroatoms. The summed E-state index contributed by atoms with van der Waals surface area (Å²) in [5.41, 5.74) is 7.25. The molecule has 1 amide bonds. The van der Waals surface area contributed by atoms with Gasteiger partial charge in [-0.1, -0.05) is 28.1 Å². The monoisotopic (exact) mass is 398 g/mol. The molecule has 0 aromatic heterocycles. The maximum absolute atomic E-state index is 12.8. The van der Waals surface area contributed by atoms with E-state index in [0.29, 0.717) is 26.2 Å². The fraction of sp³-hybridized carbons (Fsp3) is 0.611. The lowest BCUT2D eigenvalue weighted by Gasteiger charge is -2.29. The molecule has 1 aliphatic rings. The lowest BCUT2D eigenvalue weighted by atomic mass is 10.1. The van der Waals surface area contributed by atoms with Crippen LogP contribution in [0.1, 0.15) is 32.3 Å². The van der Waals surface area contributed by atoms with Crippen LogP contribution in [-0.4, -0.2) is 48.9 Å². The van der Waals surface area contributed by atoms with Gasteiger partial charge in [-0.25, -0.2) is 0 Å². The van der Waals surface area contributed by atoms with Gasteiger partial charge in [0.15, 0.2) is 6.29 Å². The first-order chi connectivity index (χ1) is 11.5. The number of halogens is 1. The smallest absolute Gasteiger partial charge is 0.240 e. The number of nitrogens with zero attached hydrogens (tertiary/aromatic N) is 1. The molecule has 5 nitrogen and oxygen atoms in total. The van der Waals surface area contributed by atoms with Crippen LogP contribution in [0.15, 0.2) is 28.7 Å². The van der Waals surface area contributed by atoms with Crippen molar-refractivity contribution in [2.75, 3.05) is 19.8 Å². The number of hydrogen-bond acceptors (Lipinski definition) is 4. The lowest BCUT2D eigenvalue weighted by Crippen LogP contribution is -2.49. The molecular weight excluding hydrogens is 372 g/mol. The Morgan fingerprint density at radius 3 is 2.33 bits per heavy atom. The Balaban J connectivity index is 1.98. The van der Waals surface area contributed by atoms with Gasteiger partial charge in [0.2, 0.25) is 5.91 Å². The Labute approximate surface area is 152 Å². The minimum Gasteiger partial charge on any atom is -0.351 e. The van der Waals surface area contributed by atoms with Crippen molar-refractivity contribution in [1.29, 1.82) is 0 Å². The summed E-state index contributed by atoms with van der Waals surface area (Å²) >= 11 is 3.41. The Kier molecular flexibility index (Phi) is 7.68. The van der Waals surface area contributed by atoms with Gasteiger partial charge in [0.25, 0.3) is 0 Å². The van der Waals surface area contributed by atoms with Crippen LogP contribution in [0.3, 0.4) is 0 Å². The highest BCUT2D eigenvalue weighted by molar-refractivity contribution is 9.10. The van der Waals surface area contributed by atoms with Crippen molar-refractivity contribution in [2.24, 2.45) is 5.73 Å². The highest BCUT2D eigenvalue weighted by Gasteiger charge is 2.36. The molecule has 1 fully saturated rings. The van der Waals surface area contributed by atoms with E-state index in [1.165, 1.54) is 0 Å². The Bertz CT molecular complexity index is 514. The third-order valence-corrected chi connectivity index (χ3v) is 4.54. The first-order valence-corrected chi connectivity index (χ1v) is 9.38. The van der Waals surface area contributed by atoms with Gasteiger partial charge in [-0.05, 0) is 50.8 Å². The van der Waals surface area contributed by atoms with Crippen LogP contribution in [0.2, 0.25) is 0 Å². The molecule has 0 spiro atoms. The van der Waals surface area contributed by atoms with Crippen LogP contribution in [0.4, 0.5) is 0 Å². The highest BCUT2D eigenvalue weighted by atomic mass is 79.9. The summed E-state index contributed by atoms with van der Waals surface area (Å²) in [7, 11) is 0. The molecule has 1 saturated carbocycles. The summed E-state index contributed by atoms with van der Waals surface area (Å²) in [5.74, 6) is -0.0233. The summed E-state index contributed by atoms with van der Waals surface area (Å²) in [6.45, 7) is 5.41. The van der Waals surface area contributed by atoms with Crippen molar-refractivity contribution in [2.45, 2.75) is 51.5 Å². The van der Waals surface area contributed by atoms with Gasteiger partial charge in [-0.15, -0.1) is 0 Å². The summed E-state index contributed by atoms with van der Waals surface area (Å²) in [5, 5.41) is 0. The first kappa shape index (κ1) is 19.4. The van der Waals surface area contributed by atoms with Crippen LogP contribution in [-0.2, 0) is 20.7 Å². The van der Waals surface area contributed by atoms with Gasteiger partial charge in [0, 0.05) is 23.7 Å². The molecule has 1 aromatic rings. The average Bonchev–Trinajstić information content (AvgIpc) is 3.39. The lowest BCUT2D eigenvalue weighted by molar-refractivity contribution is -0.160. The van der Waals surface area contributed by atoms with Gasteiger partial charge in [-0.2, -0.15) is 0 Å². The number of hydrogen-bond donors (Lipinski definition) is 1. The molecule has 24 heavy (non-hydrogen) atoms. The van der Waals surface area contributed by atoms with Crippen LogP contribution in [0, 0.1) is 0 Å². The number of amides is 1. The molecule has 0 bridgehead atoms. The number of nitrogens with two attached hydrogens (primary N) is 1. The highest BCUT2D eigenvalue weighted by Crippen LogP contribution is 2.28. The van der Waals surface area contributed by atoms with Crippen molar-refractivity contribution in [3.8, 4) is 0 Å². The zero-order valence-corrected chi connectivity index (χ0v) is 16.0. The molecule has 1 atom stereocenters. The number of benzene rings is 1. The van der Waals surface area contributed by atoms with Crippen LogP contribution in [0.25, 0.3) is 0 Å². The predicted octanol–water partition coefficient (Wildman–Crippen LogP) is 2.71. The molecule has 1 aromatic carbocycles. The van der Waals surface area contributed by atoms with Crippen LogP contribution >= 0.6 is 15.9 Å². The first-order valence-electron chi connectivity index (χ1n) is 8.58. The maximum atomic E-state index is 12.8. The van der Waals surface area contributed by atoms with Crippen LogP contribution < -0.4 is 5.73 Å². The molecule has 1 aliphatic carbocycles. The van der Waals surface area contributed by atoms with Gasteiger partial charge >= 0.3 is 0 Å². The van der Waals surface area contributed by atoms with Crippen molar-refractivity contribution in [3.05, 3.63) is 34.3 Å². The van der Waals surface area contributed by atoms with Gasteiger partial charge in [0.05, 0.1) is 12.6 Å². The third kappa shape index (κ3) is 5.84. The topological polar surface area (TPSA) is 64.8 Å². The summed E-state index contributed by atoms with van der Waals surface area (Å²) in [6.07, 6.45) is 2.21. The second-order valence-electron chi connectivity index (χ2n) is 6.00. The minimum absolute atomic E-state index is 0.0233. The Morgan fingerprint density at radius 2 is 1.83 bits per heavy atom. The maximum Gasteiger partial charge on any atom is 0.240 e. The normalized spacial score (nSPS) is 15.5.